The van der Waals surface area contributed by atoms with Crippen LogP contribution < -0.4 is 10.2 Å². The molecule has 2 heterocycles. The zero-order valence-electron chi connectivity index (χ0n) is 13.7. The van der Waals surface area contributed by atoms with Crippen molar-refractivity contribution in [3.8, 4) is 0 Å². The molecule has 4 rings (SSSR count). The van der Waals surface area contributed by atoms with Gasteiger partial charge in [-0.05, 0) is 36.3 Å². The average molecular weight is 310 g/mol. The number of carbonyl (C=O) groups excluding carboxylic acids is 2. The third-order valence-electron chi connectivity index (χ3n) is 5.56. The molecule has 1 aromatic carbocycles. The molecule has 2 amide bonds. The van der Waals surface area contributed by atoms with Crippen molar-refractivity contribution in [3.63, 3.8) is 0 Å². The van der Waals surface area contributed by atoms with Crippen molar-refractivity contribution in [2.45, 2.75) is 56.9 Å². The van der Waals surface area contributed by atoms with Crippen molar-refractivity contribution in [1.29, 1.82) is 0 Å². The van der Waals surface area contributed by atoms with Crippen LogP contribution in [-0.2, 0) is 15.0 Å². The number of fused-ring (bicyclic) bond motifs is 2. The second kappa shape index (κ2) is 4.70. The van der Waals surface area contributed by atoms with Crippen LogP contribution in [0.3, 0.4) is 0 Å². The number of para-hydroxylation sites is 1. The molecule has 0 radical (unpaired) electrons. The number of benzene rings is 1. The molecule has 1 saturated carbocycles. The minimum absolute atomic E-state index is 0.0297. The number of hydrogen-bond acceptors (Lipinski definition) is 3. The molecule has 1 N–H and O–H groups in total. The SMILES string of the molecule is C=C1N(C2CCC(=O)NC2=O)c2c(C(C)C)cccc2C12CC2. The summed E-state index contributed by atoms with van der Waals surface area (Å²) in [6.45, 7) is 8.71. The van der Waals surface area contributed by atoms with Gasteiger partial charge < -0.3 is 4.90 Å². The van der Waals surface area contributed by atoms with Crippen molar-refractivity contribution >= 4 is 17.5 Å². The summed E-state index contributed by atoms with van der Waals surface area (Å²) < 4.78 is 0. The molecule has 1 spiro atoms. The van der Waals surface area contributed by atoms with Crippen LogP contribution in [0.4, 0.5) is 5.69 Å². The molecule has 2 aliphatic heterocycles. The van der Waals surface area contributed by atoms with Crippen LogP contribution in [0.15, 0.2) is 30.5 Å². The summed E-state index contributed by atoms with van der Waals surface area (Å²) in [5.74, 6) is 0.0154. The highest BCUT2D eigenvalue weighted by molar-refractivity contribution is 6.03. The second-order valence-electron chi connectivity index (χ2n) is 7.26. The highest BCUT2D eigenvalue weighted by Gasteiger charge is 2.57. The summed E-state index contributed by atoms with van der Waals surface area (Å²) in [6, 6.07) is 6.14. The standard InChI is InChI=1S/C19H22N2O2/c1-11(2)13-5-4-6-14-17(13)21(12(3)19(14)9-10-19)15-7-8-16(22)20-18(15)23/h4-6,11,15H,3,7-10H2,1-2H3,(H,20,22,23). The molecular weight excluding hydrogens is 288 g/mol. The van der Waals surface area contributed by atoms with Crippen molar-refractivity contribution in [2.24, 2.45) is 0 Å². The van der Waals surface area contributed by atoms with Gasteiger partial charge in [0.2, 0.25) is 11.8 Å². The lowest BCUT2D eigenvalue weighted by Crippen LogP contribution is -2.52. The number of rotatable bonds is 2. The Balaban J connectivity index is 1.85. The number of imide groups is 1. The van der Waals surface area contributed by atoms with Gasteiger partial charge in [-0.3, -0.25) is 14.9 Å². The first kappa shape index (κ1) is 14.5. The third-order valence-corrected chi connectivity index (χ3v) is 5.56. The number of carbonyl (C=O) groups is 2. The average Bonchev–Trinajstić information content (AvgIpc) is 3.26. The van der Waals surface area contributed by atoms with Crippen molar-refractivity contribution in [1.82, 2.24) is 5.32 Å². The number of piperidine rings is 1. The van der Waals surface area contributed by atoms with Gasteiger partial charge in [0.05, 0.1) is 0 Å². The number of anilines is 1. The number of nitrogens with one attached hydrogen (secondary N) is 1. The fraction of sp³-hybridized carbons (Fsp3) is 0.474. The lowest BCUT2D eigenvalue weighted by Gasteiger charge is -2.34. The Bertz CT molecular complexity index is 731. The van der Waals surface area contributed by atoms with Gasteiger partial charge in [-0.2, -0.15) is 0 Å². The number of nitrogens with zero attached hydrogens (tertiary/aromatic N) is 1. The molecular formula is C19H22N2O2. The van der Waals surface area contributed by atoms with E-state index in [9.17, 15) is 9.59 Å². The van der Waals surface area contributed by atoms with Gasteiger partial charge in [0, 0.05) is 23.2 Å². The van der Waals surface area contributed by atoms with Crippen LogP contribution >= 0.6 is 0 Å². The topological polar surface area (TPSA) is 49.4 Å². The van der Waals surface area contributed by atoms with Crippen LogP contribution in [0, 0.1) is 0 Å². The fourth-order valence-electron chi connectivity index (χ4n) is 4.16. The van der Waals surface area contributed by atoms with E-state index < -0.39 is 0 Å². The molecule has 4 heteroatoms. The maximum absolute atomic E-state index is 12.4. The Morgan fingerprint density at radius 3 is 2.65 bits per heavy atom. The van der Waals surface area contributed by atoms with E-state index in [2.05, 4.69) is 48.8 Å². The molecule has 120 valence electrons. The quantitative estimate of drug-likeness (QED) is 0.854. The Hall–Kier alpha value is -2.10. The lowest BCUT2D eigenvalue weighted by atomic mass is 9.92. The molecule has 1 saturated heterocycles. The number of hydrogen-bond donors (Lipinski definition) is 1. The van der Waals surface area contributed by atoms with E-state index >= 15 is 0 Å². The monoisotopic (exact) mass is 310 g/mol. The van der Waals surface area contributed by atoms with E-state index in [1.165, 1.54) is 16.8 Å². The van der Waals surface area contributed by atoms with Crippen molar-refractivity contribution in [2.75, 3.05) is 4.90 Å². The normalized spacial score (nSPS) is 25.1. The summed E-state index contributed by atoms with van der Waals surface area (Å²) in [4.78, 5) is 26.1. The Morgan fingerprint density at radius 2 is 2.04 bits per heavy atom. The minimum Gasteiger partial charge on any atom is -0.332 e. The summed E-state index contributed by atoms with van der Waals surface area (Å²) in [6.07, 6.45) is 3.16. The van der Waals surface area contributed by atoms with E-state index in [0.717, 1.165) is 18.5 Å². The Kier molecular flexibility index (Phi) is 2.96. The second-order valence-corrected chi connectivity index (χ2v) is 7.26. The lowest BCUT2D eigenvalue weighted by molar-refractivity contribution is -0.134. The molecule has 1 aromatic rings. The van der Waals surface area contributed by atoms with Crippen LogP contribution in [0.5, 0.6) is 0 Å². The largest absolute Gasteiger partial charge is 0.332 e. The first-order valence-electron chi connectivity index (χ1n) is 8.41. The summed E-state index contributed by atoms with van der Waals surface area (Å²) in [5, 5.41) is 2.49. The molecule has 1 unspecified atom stereocenters. The molecule has 23 heavy (non-hydrogen) atoms. The van der Waals surface area contributed by atoms with Crippen molar-refractivity contribution < 1.29 is 9.59 Å². The van der Waals surface area contributed by atoms with Gasteiger partial charge in [-0.1, -0.05) is 38.6 Å². The molecule has 2 fully saturated rings. The Morgan fingerprint density at radius 1 is 1.30 bits per heavy atom. The molecule has 0 aromatic heterocycles. The summed E-state index contributed by atoms with van der Waals surface area (Å²) >= 11 is 0. The van der Waals surface area contributed by atoms with Gasteiger partial charge in [0.25, 0.3) is 0 Å². The summed E-state index contributed by atoms with van der Waals surface area (Å²) in [7, 11) is 0. The molecule has 3 aliphatic rings. The van der Waals surface area contributed by atoms with E-state index in [1.807, 2.05) is 0 Å². The van der Waals surface area contributed by atoms with Crippen molar-refractivity contribution in [3.05, 3.63) is 41.6 Å². The van der Waals surface area contributed by atoms with E-state index in [1.54, 1.807) is 0 Å². The van der Waals surface area contributed by atoms with Gasteiger partial charge in [-0.15, -0.1) is 0 Å². The first-order valence-corrected chi connectivity index (χ1v) is 8.41. The van der Waals surface area contributed by atoms with Crippen LogP contribution in [0.25, 0.3) is 0 Å². The molecule has 1 atom stereocenters. The minimum atomic E-state index is -0.321. The fourth-order valence-corrected chi connectivity index (χ4v) is 4.16. The first-order chi connectivity index (χ1) is 11.0. The van der Waals surface area contributed by atoms with Gasteiger partial charge in [0.1, 0.15) is 6.04 Å². The molecule has 0 bridgehead atoms. The zero-order valence-corrected chi connectivity index (χ0v) is 13.7. The van der Waals surface area contributed by atoms with Crippen LogP contribution in [0.2, 0.25) is 0 Å². The molecule has 1 aliphatic carbocycles. The van der Waals surface area contributed by atoms with Crippen LogP contribution in [-0.4, -0.2) is 17.9 Å². The highest BCUT2D eigenvalue weighted by atomic mass is 16.2. The highest BCUT2D eigenvalue weighted by Crippen LogP contribution is 2.63. The van der Waals surface area contributed by atoms with E-state index in [-0.39, 0.29) is 23.3 Å². The predicted octanol–water partition coefficient (Wildman–Crippen LogP) is 2.98. The smallest absolute Gasteiger partial charge is 0.249 e. The zero-order chi connectivity index (χ0) is 16.4. The van der Waals surface area contributed by atoms with E-state index in [4.69, 9.17) is 0 Å². The Labute approximate surface area is 136 Å². The van der Waals surface area contributed by atoms with Gasteiger partial charge in [-0.25, -0.2) is 0 Å². The maximum atomic E-state index is 12.4. The predicted molar refractivity (Wildman–Crippen MR) is 89.2 cm³/mol. The number of amides is 2. The van der Waals surface area contributed by atoms with Gasteiger partial charge >= 0.3 is 0 Å². The summed E-state index contributed by atoms with van der Waals surface area (Å²) in [5.41, 5.74) is 4.81. The maximum Gasteiger partial charge on any atom is 0.249 e. The molecule has 4 nitrogen and oxygen atoms in total. The number of allylic oxidation sites excluding steroid dienone is 1. The van der Waals surface area contributed by atoms with Crippen LogP contribution in [0.1, 0.15) is 56.6 Å². The third kappa shape index (κ3) is 1.90. The van der Waals surface area contributed by atoms with E-state index in [0.29, 0.717) is 18.8 Å². The van der Waals surface area contributed by atoms with Gasteiger partial charge in [0.15, 0.2) is 0 Å².